The first-order valence-electron chi connectivity index (χ1n) is 10.4. The minimum atomic E-state index is -1.23. The number of likely N-dealkylation sites (tertiary alicyclic amines) is 1. The zero-order valence-corrected chi connectivity index (χ0v) is 18.0. The molecular formula is C24H29ClFNO2. The van der Waals surface area contributed by atoms with E-state index in [0.717, 1.165) is 43.6 Å². The van der Waals surface area contributed by atoms with Crippen LogP contribution in [0.4, 0.5) is 4.39 Å². The van der Waals surface area contributed by atoms with Crippen LogP contribution in [0.2, 0.25) is 5.02 Å². The molecule has 0 spiro atoms. The predicted molar refractivity (Wildman–Crippen MR) is 115 cm³/mol. The van der Waals surface area contributed by atoms with Gasteiger partial charge in [-0.05, 0) is 61.0 Å². The summed E-state index contributed by atoms with van der Waals surface area (Å²) >= 11 is 6.53. The maximum Gasteiger partial charge on any atom is 0.179 e. The van der Waals surface area contributed by atoms with E-state index in [1.807, 2.05) is 12.1 Å². The second kappa shape index (κ2) is 8.53. The molecule has 0 aromatic heterocycles. The van der Waals surface area contributed by atoms with Gasteiger partial charge >= 0.3 is 0 Å². The fraction of sp³-hybridized carbons (Fsp3) is 0.500. The first kappa shape index (κ1) is 20.5. The Balaban J connectivity index is 1.37. The summed E-state index contributed by atoms with van der Waals surface area (Å²) in [5, 5.41) is 0.499. The number of hydrogen-bond donors (Lipinski definition) is 0. The summed E-state index contributed by atoms with van der Waals surface area (Å²) in [6, 6.07) is 12.5. The van der Waals surface area contributed by atoms with Gasteiger partial charge in [-0.15, -0.1) is 0 Å². The number of methoxy groups -OCH3 is 2. The van der Waals surface area contributed by atoms with Gasteiger partial charge in [0, 0.05) is 19.4 Å². The Kier molecular flexibility index (Phi) is 6.03. The largest absolute Gasteiger partial charge is 0.493 e. The molecule has 0 radical (unpaired) electrons. The Morgan fingerprint density at radius 1 is 1.10 bits per heavy atom. The van der Waals surface area contributed by atoms with Crippen molar-refractivity contribution in [1.29, 1.82) is 0 Å². The minimum absolute atomic E-state index is 0.367. The molecule has 0 bridgehead atoms. The third-order valence-corrected chi connectivity index (χ3v) is 6.82. The van der Waals surface area contributed by atoms with Crippen LogP contribution in [-0.4, -0.2) is 37.9 Å². The number of alkyl halides is 1. The molecule has 2 aromatic rings. The number of ether oxygens (including phenoxy) is 2. The van der Waals surface area contributed by atoms with Crippen LogP contribution in [0.5, 0.6) is 11.5 Å². The van der Waals surface area contributed by atoms with Crippen molar-refractivity contribution in [2.24, 2.45) is 5.92 Å². The lowest BCUT2D eigenvalue weighted by molar-refractivity contribution is 0.0954. The van der Waals surface area contributed by atoms with Crippen LogP contribution in [-0.2, 0) is 19.4 Å². The summed E-state index contributed by atoms with van der Waals surface area (Å²) in [6.07, 6.45) is 3.48. The van der Waals surface area contributed by atoms with Crippen molar-refractivity contribution in [2.45, 2.75) is 44.3 Å². The molecule has 0 amide bonds. The molecule has 1 saturated heterocycles. The van der Waals surface area contributed by atoms with Crippen LogP contribution in [0.3, 0.4) is 0 Å². The molecule has 4 rings (SSSR count). The summed E-state index contributed by atoms with van der Waals surface area (Å²) in [5.74, 6) is 1.50. The molecule has 156 valence electrons. The highest BCUT2D eigenvalue weighted by Crippen LogP contribution is 2.48. The van der Waals surface area contributed by atoms with Crippen LogP contribution < -0.4 is 9.47 Å². The number of fused-ring (bicyclic) bond motifs is 1. The molecule has 1 aliphatic carbocycles. The van der Waals surface area contributed by atoms with Gasteiger partial charge in [-0.1, -0.05) is 41.9 Å². The molecule has 0 N–H and O–H groups in total. The predicted octanol–water partition coefficient (Wildman–Crippen LogP) is 5.47. The van der Waals surface area contributed by atoms with Gasteiger partial charge in [0.1, 0.15) is 5.67 Å². The van der Waals surface area contributed by atoms with Crippen molar-refractivity contribution in [2.75, 3.05) is 27.3 Å². The van der Waals surface area contributed by atoms with Gasteiger partial charge in [-0.3, -0.25) is 4.90 Å². The smallest absolute Gasteiger partial charge is 0.179 e. The van der Waals surface area contributed by atoms with E-state index in [2.05, 4.69) is 29.2 Å². The van der Waals surface area contributed by atoms with Gasteiger partial charge in [0.25, 0.3) is 0 Å². The average Bonchev–Trinajstić information content (AvgIpc) is 3.06. The van der Waals surface area contributed by atoms with Gasteiger partial charge in [0.15, 0.2) is 11.5 Å². The summed E-state index contributed by atoms with van der Waals surface area (Å²) in [7, 11) is 3.15. The minimum Gasteiger partial charge on any atom is -0.493 e. The summed E-state index contributed by atoms with van der Waals surface area (Å²) in [5.41, 5.74) is 1.96. The van der Waals surface area contributed by atoms with Gasteiger partial charge in [-0.25, -0.2) is 4.39 Å². The maximum atomic E-state index is 15.8. The number of piperidine rings is 1. The molecule has 0 saturated carbocycles. The zero-order chi connectivity index (χ0) is 20.4. The van der Waals surface area contributed by atoms with E-state index in [4.69, 9.17) is 21.1 Å². The molecular weight excluding hydrogens is 389 g/mol. The lowest BCUT2D eigenvalue weighted by Gasteiger charge is -2.34. The van der Waals surface area contributed by atoms with Gasteiger partial charge in [0.05, 0.1) is 19.2 Å². The molecule has 1 aliphatic heterocycles. The van der Waals surface area contributed by atoms with E-state index in [1.54, 1.807) is 14.2 Å². The number of hydrogen-bond acceptors (Lipinski definition) is 3. The van der Waals surface area contributed by atoms with Crippen LogP contribution in [0.1, 0.15) is 36.0 Å². The van der Waals surface area contributed by atoms with Crippen molar-refractivity contribution in [3.05, 3.63) is 58.1 Å². The average molecular weight is 418 g/mol. The Bertz CT molecular complexity index is 852. The first-order valence-corrected chi connectivity index (χ1v) is 10.8. The third kappa shape index (κ3) is 4.39. The van der Waals surface area contributed by atoms with Crippen LogP contribution >= 0.6 is 11.6 Å². The number of nitrogens with zero attached hydrogens (tertiary/aromatic N) is 1. The standard InChI is InChI=1S/C24H29ClFNO2/c1-28-21-12-19-14-24(26,15-20(19)22(25)23(21)29-2)13-17-8-10-27(11-9-17)16-18-6-4-3-5-7-18/h3-7,12,17H,8-11,13-16H2,1-2H3. The van der Waals surface area contributed by atoms with E-state index < -0.39 is 5.67 Å². The molecule has 1 unspecified atom stereocenters. The monoisotopic (exact) mass is 417 g/mol. The lowest BCUT2D eigenvalue weighted by atomic mass is 9.84. The third-order valence-electron chi connectivity index (χ3n) is 6.42. The topological polar surface area (TPSA) is 21.7 Å². The Morgan fingerprint density at radius 3 is 2.48 bits per heavy atom. The molecule has 1 fully saturated rings. The van der Waals surface area contributed by atoms with Crippen LogP contribution in [0, 0.1) is 5.92 Å². The molecule has 1 heterocycles. The fourth-order valence-corrected chi connectivity index (χ4v) is 5.32. The molecule has 3 nitrogen and oxygen atoms in total. The highest BCUT2D eigenvalue weighted by molar-refractivity contribution is 6.33. The SMILES string of the molecule is COc1cc2c(c(Cl)c1OC)CC(F)(CC1CCN(Cc3ccccc3)CC1)C2. The Labute approximate surface area is 177 Å². The molecule has 1 atom stereocenters. The highest BCUT2D eigenvalue weighted by atomic mass is 35.5. The van der Waals surface area contributed by atoms with Crippen molar-refractivity contribution >= 4 is 11.6 Å². The summed E-state index contributed by atoms with van der Waals surface area (Å²) in [6.45, 7) is 3.05. The highest BCUT2D eigenvalue weighted by Gasteiger charge is 2.42. The number of benzene rings is 2. The second-order valence-electron chi connectivity index (χ2n) is 8.48. The van der Waals surface area contributed by atoms with E-state index in [1.165, 1.54) is 5.56 Å². The quantitative estimate of drug-likeness (QED) is 0.622. The van der Waals surface area contributed by atoms with Crippen molar-refractivity contribution in [1.82, 2.24) is 4.90 Å². The van der Waals surface area contributed by atoms with Crippen molar-refractivity contribution in [3.63, 3.8) is 0 Å². The van der Waals surface area contributed by atoms with Crippen molar-refractivity contribution in [3.8, 4) is 11.5 Å². The fourth-order valence-electron chi connectivity index (χ4n) is 4.96. The maximum absolute atomic E-state index is 15.8. The zero-order valence-electron chi connectivity index (χ0n) is 17.2. The summed E-state index contributed by atoms with van der Waals surface area (Å²) in [4.78, 5) is 2.48. The van der Waals surface area contributed by atoms with Crippen LogP contribution in [0.25, 0.3) is 0 Å². The molecule has 2 aromatic carbocycles. The molecule has 5 heteroatoms. The molecule has 29 heavy (non-hydrogen) atoms. The van der Waals surface area contributed by atoms with Gasteiger partial charge < -0.3 is 9.47 Å². The normalized spacial score (nSPS) is 22.5. The summed E-state index contributed by atoms with van der Waals surface area (Å²) < 4.78 is 26.6. The van der Waals surface area contributed by atoms with Gasteiger partial charge in [-0.2, -0.15) is 0 Å². The molecule has 2 aliphatic rings. The number of rotatable bonds is 6. The van der Waals surface area contributed by atoms with E-state index in [9.17, 15) is 0 Å². The first-order chi connectivity index (χ1) is 14.0. The Morgan fingerprint density at radius 2 is 1.83 bits per heavy atom. The van der Waals surface area contributed by atoms with Crippen LogP contribution in [0.15, 0.2) is 36.4 Å². The van der Waals surface area contributed by atoms with Crippen molar-refractivity contribution < 1.29 is 13.9 Å². The van der Waals surface area contributed by atoms with Gasteiger partial charge in [0.2, 0.25) is 0 Å². The second-order valence-corrected chi connectivity index (χ2v) is 8.86. The van der Waals surface area contributed by atoms with E-state index >= 15 is 4.39 Å². The Hall–Kier alpha value is -1.78. The lowest BCUT2D eigenvalue weighted by Crippen LogP contribution is -2.36. The van der Waals surface area contributed by atoms with E-state index in [0.29, 0.717) is 41.7 Å². The van der Waals surface area contributed by atoms with E-state index in [-0.39, 0.29) is 0 Å². The number of halogens is 2.